The molecule has 0 bridgehead atoms. The number of methoxy groups -OCH3 is 1. The van der Waals surface area contributed by atoms with Gasteiger partial charge in [-0.25, -0.2) is 0 Å². The third kappa shape index (κ3) is 12.1. The normalized spacial score (nSPS) is 13.2. The van der Waals surface area contributed by atoms with Crippen LogP contribution in [0.3, 0.4) is 0 Å². The maximum Gasteiger partial charge on any atom is 0.433 e. The number of allylic oxidation sites excluding steroid dienone is 3. The average Bonchev–Trinajstić information content (AvgIpc) is 2.76. The fourth-order valence-corrected chi connectivity index (χ4v) is 2.92. The van der Waals surface area contributed by atoms with E-state index in [9.17, 15) is 13.2 Å². The number of rotatable bonds is 10. The van der Waals surface area contributed by atoms with E-state index in [1.165, 1.54) is 19.1 Å². The molecule has 0 aliphatic carbocycles. The fourth-order valence-electron chi connectivity index (χ4n) is 2.48. The zero-order valence-corrected chi connectivity index (χ0v) is 21.7. The lowest BCUT2D eigenvalue weighted by Crippen LogP contribution is -2.16. The van der Waals surface area contributed by atoms with Gasteiger partial charge in [0.15, 0.2) is 0 Å². The molecule has 0 heterocycles. The predicted octanol–water partition coefficient (Wildman–Crippen LogP) is 6.48. The van der Waals surface area contributed by atoms with Gasteiger partial charge in [-0.05, 0) is 50.9 Å². The van der Waals surface area contributed by atoms with Crippen molar-refractivity contribution in [2.75, 3.05) is 20.2 Å². The molecular weight excluding hydrogens is 497 g/mol. The minimum absolute atomic E-state index is 0.110. The van der Waals surface area contributed by atoms with Crippen molar-refractivity contribution in [3.8, 4) is 5.75 Å². The number of hydrogen-bond acceptors (Lipinski definition) is 4. The second-order valence-corrected chi connectivity index (χ2v) is 8.04. The number of unbranched alkanes of at least 4 members (excludes halogenated alkanes) is 2. The van der Waals surface area contributed by atoms with Crippen LogP contribution < -0.4 is 16.2 Å². The van der Waals surface area contributed by atoms with Crippen LogP contribution in [0.2, 0.25) is 0 Å². The Kier molecular flexibility index (Phi) is 15.4. The van der Waals surface area contributed by atoms with Crippen LogP contribution in [0.4, 0.5) is 13.2 Å². The van der Waals surface area contributed by atoms with Gasteiger partial charge in [0, 0.05) is 21.8 Å². The number of nitrogens with two attached hydrogens (primary N) is 2. The van der Waals surface area contributed by atoms with Crippen LogP contribution in [0.1, 0.15) is 57.6 Å². The summed E-state index contributed by atoms with van der Waals surface area (Å²) in [4.78, 5) is 7.92. The molecule has 1 rings (SSSR count). The Balaban J connectivity index is 0.00000184. The number of amidine groups is 1. The molecule has 0 atom stereocenters. The Bertz CT molecular complexity index is 845. The number of benzene rings is 1. The first kappa shape index (κ1) is 30.9. The maximum absolute atomic E-state index is 13.0. The smallest absolute Gasteiger partial charge is 0.433 e. The lowest BCUT2D eigenvalue weighted by atomic mass is 10.1. The number of alkyl halides is 3. The molecule has 0 amide bonds. The number of aliphatic imine (C=N–C) groups is 2. The Labute approximate surface area is 204 Å². The maximum atomic E-state index is 13.0. The summed E-state index contributed by atoms with van der Waals surface area (Å²) in [5.41, 5.74) is 12.4. The fraction of sp³-hybridized carbons (Fsp3) is 0.500. The van der Waals surface area contributed by atoms with Crippen molar-refractivity contribution < 1.29 is 17.9 Å². The highest BCUT2D eigenvalue weighted by Crippen LogP contribution is 2.28. The zero-order chi connectivity index (χ0) is 25.4. The van der Waals surface area contributed by atoms with E-state index in [4.69, 9.17) is 16.2 Å². The SMILES string of the molecule is CCCCN.C\C=C(/C=N/C(=C/CCC)C(F)(F)F)CN=C(N)c1cc(Br)cc(OC)c1C. The van der Waals surface area contributed by atoms with Crippen LogP contribution >= 0.6 is 15.9 Å². The summed E-state index contributed by atoms with van der Waals surface area (Å²) in [5.74, 6) is 0.925. The molecule has 0 radical (unpaired) electrons. The summed E-state index contributed by atoms with van der Waals surface area (Å²) in [6.45, 7) is 8.46. The quantitative estimate of drug-likeness (QED) is 0.267. The van der Waals surface area contributed by atoms with Gasteiger partial charge < -0.3 is 16.2 Å². The van der Waals surface area contributed by atoms with Crippen molar-refractivity contribution in [3.05, 3.63) is 51.2 Å². The number of nitrogens with zero attached hydrogens (tertiary/aromatic N) is 2. The molecule has 5 nitrogen and oxygen atoms in total. The molecule has 9 heteroatoms. The Hall–Kier alpha value is -2.13. The van der Waals surface area contributed by atoms with E-state index in [1.54, 1.807) is 20.1 Å². The largest absolute Gasteiger partial charge is 0.496 e. The van der Waals surface area contributed by atoms with Crippen molar-refractivity contribution in [3.63, 3.8) is 0 Å². The second-order valence-electron chi connectivity index (χ2n) is 7.12. The second kappa shape index (κ2) is 16.5. The minimum Gasteiger partial charge on any atom is -0.496 e. The molecule has 1 aromatic rings. The van der Waals surface area contributed by atoms with Gasteiger partial charge in [-0.3, -0.25) is 9.98 Å². The Morgan fingerprint density at radius 2 is 1.88 bits per heavy atom. The summed E-state index contributed by atoms with van der Waals surface area (Å²) in [6, 6.07) is 3.63. The number of hydrogen-bond donors (Lipinski definition) is 2. The molecule has 1 aromatic carbocycles. The monoisotopic (exact) mass is 532 g/mol. The minimum atomic E-state index is -4.49. The molecule has 0 aromatic heterocycles. The van der Waals surface area contributed by atoms with E-state index in [1.807, 2.05) is 26.0 Å². The topological polar surface area (TPSA) is 86.0 Å². The molecule has 0 unspecified atom stereocenters. The average molecular weight is 533 g/mol. The van der Waals surface area contributed by atoms with Crippen molar-refractivity contribution >= 4 is 28.0 Å². The molecule has 0 aliphatic heterocycles. The van der Waals surface area contributed by atoms with E-state index in [-0.39, 0.29) is 12.4 Å². The van der Waals surface area contributed by atoms with E-state index < -0.39 is 11.9 Å². The van der Waals surface area contributed by atoms with Crippen LogP contribution in [-0.4, -0.2) is 38.4 Å². The Morgan fingerprint density at radius 3 is 2.33 bits per heavy atom. The Morgan fingerprint density at radius 1 is 1.21 bits per heavy atom. The lowest BCUT2D eigenvalue weighted by molar-refractivity contribution is -0.0925. The first-order valence-electron chi connectivity index (χ1n) is 10.9. The molecule has 0 saturated carbocycles. The van der Waals surface area contributed by atoms with Gasteiger partial charge >= 0.3 is 6.18 Å². The van der Waals surface area contributed by atoms with Gasteiger partial charge in [0.05, 0.1) is 13.7 Å². The van der Waals surface area contributed by atoms with Crippen LogP contribution in [0.5, 0.6) is 5.75 Å². The van der Waals surface area contributed by atoms with Gasteiger partial charge in [-0.15, -0.1) is 0 Å². The molecule has 0 spiro atoms. The van der Waals surface area contributed by atoms with E-state index >= 15 is 0 Å². The standard InChI is InChI=1S/C20H25BrF3N3O.C4H11N/c1-5-7-8-18(20(22,23)24)26-11-14(6-2)12-27-19(25)16-9-15(21)10-17(28-4)13(16)3;1-2-3-4-5/h6,8-11H,5,7,12H2,1-4H3,(H2,25,27);2-5H2,1H3/b14-6+,18-8+,26-11+;. The highest BCUT2D eigenvalue weighted by atomic mass is 79.9. The highest BCUT2D eigenvalue weighted by Gasteiger charge is 2.33. The predicted molar refractivity (Wildman–Crippen MR) is 136 cm³/mol. The van der Waals surface area contributed by atoms with Crippen molar-refractivity contribution in [1.82, 2.24) is 0 Å². The number of halogens is 4. The summed E-state index contributed by atoms with van der Waals surface area (Å²) in [6.07, 6.45) is 2.75. The molecule has 186 valence electrons. The molecular formula is C24H36BrF3N4O. The van der Waals surface area contributed by atoms with Gasteiger partial charge in [0.25, 0.3) is 0 Å². The van der Waals surface area contributed by atoms with Crippen LogP contribution in [0.15, 0.2) is 50.0 Å². The van der Waals surface area contributed by atoms with Crippen molar-refractivity contribution in [2.24, 2.45) is 21.5 Å². The molecule has 33 heavy (non-hydrogen) atoms. The van der Waals surface area contributed by atoms with Crippen LogP contribution in [0.25, 0.3) is 0 Å². The summed E-state index contributed by atoms with van der Waals surface area (Å²) >= 11 is 3.39. The van der Waals surface area contributed by atoms with E-state index in [0.717, 1.165) is 22.7 Å². The highest BCUT2D eigenvalue weighted by molar-refractivity contribution is 9.10. The zero-order valence-electron chi connectivity index (χ0n) is 20.1. The van der Waals surface area contributed by atoms with Gasteiger partial charge in [0.2, 0.25) is 0 Å². The molecule has 0 aliphatic rings. The van der Waals surface area contributed by atoms with Crippen LogP contribution in [0, 0.1) is 6.92 Å². The van der Waals surface area contributed by atoms with Crippen molar-refractivity contribution in [2.45, 2.75) is 59.6 Å². The molecule has 0 saturated heterocycles. The third-order valence-corrected chi connectivity index (χ3v) is 4.93. The summed E-state index contributed by atoms with van der Waals surface area (Å²) in [5, 5.41) is 0. The number of ether oxygens (including phenoxy) is 1. The van der Waals surface area contributed by atoms with Crippen molar-refractivity contribution in [1.29, 1.82) is 0 Å². The van der Waals surface area contributed by atoms with Gasteiger partial charge in [-0.1, -0.05) is 54.8 Å². The van der Waals surface area contributed by atoms with Crippen LogP contribution in [-0.2, 0) is 0 Å². The summed E-state index contributed by atoms with van der Waals surface area (Å²) < 4.78 is 45.2. The van der Waals surface area contributed by atoms with E-state index in [0.29, 0.717) is 29.7 Å². The molecule has 0 fully saturated rings. The first-order valence-corrected chi connectivity index (χ1v) is 11.7. The summed E-state index contributed by atoms with van der Waals surface area (Å²) in [7, 11) is 1.56. The van der Waals surface area contributed by atoms with E-state index in [2.05, 4.69) is 32.8 Å². The molecule has 4 N–H and O–H groups in total. The third-order valence-electron chi connectivity index (χ3n) is 4.47. The first-order chi connectivity index (χ1) is 15.5. The lowest BCUT2D eigenvalue weighted by Gasteiger charge is -2.11. The van der Waals surface area contributed by atoms with Gasteiger partial charge in [0.1, 0.15) is 17.3 Å². The van der Waals surface area contributed by atoms with Gasteiger partial charge in [-0.2, -0.15) is 13.2 Å².